The Balaban J connectivity index is 1.34. The molecule has 0 aliphatic rings. The van der Waals surface area contributed by atoms with Gasteiger partial charge in [0, 0.05) is 34.8 Å². The molecule has 0 unspecified atom stereocenters. The van der Waals surface area contributed by atoms with E-state index in [-0.39, 0.29) is 17.8 Å². The molecule has 3 aromatic carbocycles. The first kappa shape index (κ1) is 23.4. The molecule has 2 heterocycles. The fourth-order valence-electron chi connectivity index (χ4n) is 3.84. The maximum Gasteiger partial charge on any atom is 0.288 e. The quantitative estimate of drug-likeness (QED) is 0.272. The molecule has 0 saturated heterocycles. The molecule has 0 atom stereocenters. The van der Waals surface area contributed by atoms with Gasteiger partial charge in [0.15, 0.2) is 0 Å². The topological polar surface area (TPSA) is 132 Å². The van der Waals surface area contributed by atoms with Crippen LogP contribution in [0.4, 0.5) is 5.69 Å². The number of rotatable bonds is 6. The van der Waals surface area contributed by atoms with Crippen molar-refractivity contribution in [2.24, 2.45) is 0 Å². The molecule has 0 radical (unpaired) electrons. The van der Waals surface area contributed by atoms with Gasteiger partial charge in [0.25, 0.3) is 11.6 Å². The Labute approximate surface area is 210 Å². The summed E-state index contributed by atoms with van der Waals surface area (Å²) in [4.78, 5) is 40.2. The second-order valence-corrected chi connectivity index (χ2v) is 8.16. The number of hydrogen-bond donors (Lipinski definition) is 2. The fourth-order valence-corrected chi connectivity index (χ4v) is 3.84. The van der Waals surface area contributed by atoms with Crippen LogP contribution in [0.25, 0.3) is 27.8 Å². The highest BCUT2D eigenvalue weighted by atomic mass is 16.6. The van der Waals surface area contributed by atoms with Crippen molar-refractivity contribution < 1.29 is 14.5 Å². The largest absolute Gasteiger partial charge is 0.288 e. The van der Waals surface area contributed by atoms with Crippen molar-refractivity contribution in [2.45, 2.75) is 6.42 Å². The average Bonchev–Trinajstić information content (AvgIpc) is 3.35. The van der Waals surface area contributed by atoms with E-state index in [0.717, 1.165) is 11.1 Å². The second-order valence-electron chi connectivity index (χ2n) is 8.16. The Bertz CT molecular complexity index is 1610. The highest BCUT2D eigenvalue weighted by Gasteiger charge is 2.17. The first-order chi connectivity index (χ1) is 18.0. The van der Waals surface area contributed by atoms with Crippen molar-refractivity contribution >= 4 is 28.4 Å². The Morgan fingerprint density at radius 1 is 0.865 bits per heavy atom. The lowest BCUT2D eigenvalue weighted by Crippen LogP contribution is -2.42. The number of aromatic nitrogens is 3. The number of hydrazine groups is 1. The van der Waals surface area contributed by atoms with Gasteiger partial charge in [-0.2, -0.15) is 5.10 Å². The van der Waals surface area contributed by atoms with E-state index in [1.807, 2.05) is 48.5 Å². The molecule has 0 aliphatic heterocycles. The molecule has 5 aromatic rings. The van der Waals surface area contributed by atoms with E-state index in [1.165, 1.54) is 12.1 Å². The van der Waals surface area contributed by atoms with Crippen LogP contribution in [0.3, 0.4) is 0 Å². The summed E-state index contributed by atoms with van der Waals surface area (Å²) in [6.45, 7) is 0. The van der Waals surface area contributed by atoms with E-state index in [4.69, 9.17) is 0 Å². The third-order valence-corrected chi connectivity index (χ3v) is 5.66. The van der Waals surface area contributed by atoms with E-state index in [9.17, 15) is 19.7 Å². The Morgan fingerprint density at radius 3 is 2.35 bits per heavy atom. The Hall–Kier alpha value is -5.38. The number of benzene rings is 3. The fraction of sp³-hybridized carbons (Fsp3) is 0.0370. The zero-order valence-electron chi connectivity index (χ0n) is 19.4. The van der Waals surface area contributed by atoms with Crippen molar-refractivity contribution in [3.63, 3.8) is 0 Å². The lowest BCUT2D eigenvalue weighted by Gasteiger charge is -2.08. The molecular weight excluding hydrogens is 472 g/mol. The number of carbonyl (C=O) groups excluding carboxylic acids is 2. The van der Waals surface area contributed by atoms with Gasteiger partial charge in [0.2, 0.25) is 5.91 Å². The van der Waals surface area contributed by atoms with Gasteiger partial charge in [-0.05, 0) is 36.4 Å². The molecule has 37 heavy (non-hydrogen) atoms. The number of pyridine rings is 1. The number of hydrogen-bond acceptors (Lipinski definition) is 6. The number of non-ortho nitro benzene ring substituents is 1. The van der Waals surface area contributed by atoms with Gasteiger partial charge in [-0.15, -0.1) is 0 Å². The maximum absolute atomic E-state index is 12.8. The molecule has 0 fully saturated rings. The van der Waals surface area contributed by atoms with Crippen LogP contribution in [0, 0.1) is 10.1 Å². The number of nitrogens with one attached hydrogen (secondary N) is 2. The minimum absolute atomic E-state index is 0.0458. The van der Waals surface area contributed by atoms with Gasteiger partial charge in [-0.1, -0.05) is 42.5 Å². The number of amides is 2. The van der Waals surface area contributed by atoms with E-state index < -0.39 is 16.7 Å². The first-order valence-electron chi connectivity index (χ1n) is 11.3. The van der Waals surface area contributed by atoms with Crippen LogP contribution >= 0.6 is 0 Å². The molecule has 0 bridgehead atoms. The smallest absolute Gasteiger partial charge is 0.273 e. The first-order valence-corrected chi connectivity index (χ1v) is 11.3. The molecule has 0 saturated carbocycles. The number of nitro benzene ring substituents is 1. The minimum Gasteiger partial charge on any atom is -0.273 e. The van der Waals surface area contributed by atoms with Crippen LogP contribution in [0.15, 0.2) is 97.2 Å². The molecule has 0 spiro atoms. The number of nitro groups is 1. The van der Waals surface area contributed by atoms with E-state index in [2.05, 4.69) is 20.9 Å². The third-order valence-electron chi connectivity index (χ3n) is 5.66. The third kappa shape index (κ3) is 5.17. The van der Waals surface area contributed by atoms with E-state index in [1.54, 1.807) is 41.2 Å². The van der Waals surface area contributed by atoms with Crippen molar-refractivity contribution in [1.82, 2.24) is 25.6 Å². The van der Waals surface area contributed by atoms with Crippen molar-refractivity contribution in [3.05, 3.63) is 119 Å². The number of fused-ring (bicyclic) bond motifs is 1. The summed E-state index contributed by atoms with van der Waals surface area (Å²) in [5, 5.41) is 16.6. The van der Waals surface area contributed by atoms with Gasteiger partial charge in [-0.25, -0.2) is 9.67 Å². The van der Waals surface area contributed by atoms with E-state index in [0.29, 0.717) is 22.3 Å². The average molecular weight is 492 g/mol. The summed E-state index contributed by atoms with van der Waals surface area (Å²) in [6.07, 6.45) is 1.63. The van der Waals surface area contributed by atoms with Crippen LogP contribution in [0.5, 0.6) is 0 Å². The predicted molar refractivity (Wildman–Crippen MR) is 137 cm³/mol. The van der Waals surface area contributed by atoms with Crippen molar-refractivity contribution in [3.8, 4) is 16.9 Å². The molecule has 10 heteroatoms. The molecule has 5 rings (SSSR count). The molecule has 10 nitrogen and oxygen atoms in total. The maximum atomic E-state index is 12.8. The molecule has 2 aromatic heterocycles. The summed E-state index contributed by atoms with van der Waals surface area (Å²) in [7, 11) is 0. The predicted octanol–water partition coefficient (Wildman–Crippen LogP) is 4.00. The highest BCUT2D eigenvalue weighted by Crippen LogP contribution is 2.26. The molecule has 182 valence electrons. The monoisotopic (exact) mass is 492 g/mol. The summed E-state index contributed by atoms with van der Waals surface area (Å²) in [6, 6.07) is 26.1. The molecule has 2 N–H and O–H groups in total. The second kappa shape index (κ2) is 10.1. The Morgan fingerprint density at radius 2 is 1.59 bits per heavy atom. The summed E-state index contributed by atoms with van der Waals surface area (Å²) < 4.78 is 1.64. The standard InChI is InChI=1S/C27H20N6O4/c34-25(29-30-27(35)24-15-12-18-6-4-5-9-23(18)28-24)16-20-17-32(21-7-2-1-3-8-21)31-26(20)19-10-13-22(14-11-19)33(36)37/h1-15,17H,16H2,(H,29,34)(H,30,35). The number of para-hydroxylation sites is 2. The van der Waals surface area contributed by atoms with Crippen LogP contribution < -0.4 is 10.9 Å². The van der Waals surface area contributed by atoms with Crippen molar-refractivity contribution in [2.75, 3.05) is 0 Å². The van der Waals surface area contributed by atoms with Crippen LogP contribution in [-0.2, 0) is 11.2 Å². The van der Waals surface area contributed by atoms with Gasteiger partial charge >= 0.3 is 0 Å². The Kier molecular flexibility index (Phi) is 6.37. The van der Waals surface area contributed by atoms with E-state index >= 15 is 0 Å². The van der Waals surface area contributed by atoms with Gasteiger partial charge in [0.05, 0.1) is 28.2 Å². The normalized spacial score (nSPS) is 10.7. The summed E-state index contributed by atoms with van der Waals surface area (Å²) in [5.41, 5.74) is 8.09. The number of nitrogens with zero attached hydrogens (tertiary/aromatic N) is 4. The van der Waals surface area contributed by atoms with Gasteiger partial charge in [0.1, 0.15) is 5.69 Å². The van der Waals surface area contributed by atoms with Crippen LogP contribution in [0.1, 0.15) is 16.1 Å². The van der Waals surface area contributed by atoms with Gasteiger partial charge in [-0.3, -0.25) is 30.6 Å². The van der Waals surface area contributed by atoms with Crippen LogP contribution in [0.2, 0.25) is 0 Å². The molecular formula is C27H20N6O4. The molecule has 0 aliphatic carbocycles. The summed E-state index contributed by atoms with van der Waals surface area (Å²) in [5.74, 6) is -1.01. The lowest BCUT2D eigenvalue weighted by molar-refractivity contribution is -0.384. The zero-order valence-corrected chi connectivity index (χ0v) is 19.4. The molecule has 2 amide bonds. The highest BCUT2D eigenvalue weighted by molar-refractivity contribution is 5.96. The minimum atomic E-state index is -0.547. The zero-order chi connectivity index (χ0) is 25.8. The lowest BCUT2D eigenvalue weighted by atomic mass is 10.1. The van der Waals surface area contributed by atoms with Crippen LogP contribution in [-0.4, -0.2) is 31.5 Å². The number of carbonyl (C=O) groups is 2. The SMILES string of the molecule is O=C(Cc1cn(-c2ccccc2)nc1-c1ccc([N+](=O)[O-])cc1)NNC(=O)c1ccc2ccccc2n1. The summed E-state index contributed by atoms with van der Waals surface area (Å²) >= 11 is 0. The van der Waals surface area contributed by atoms with Gasteiger partial charge < -0.3 is 0 Å². The van der Waals surface area contributed by atoms with Crippen molar-refractivity contribution in [1.29, 1.82) is 0 Å².